The van der Waals surface area contributed by atoms with Gasteiger partial charge in [-0.05, 0) is 60.6 Å². The number of halogens is 1. The minimum absolute atomic E-state index is 0.638. The molecule has 1 saturated carbocycles. The molecule has 3 rings (SSSR count). The molecule has 0 amide bonds. The Balaban J connectivity index is 1.50. The maximum atomic E-state index is 4.19. The molecule has 0 bridgehead atoms. The molecule has 104 valence electrons. The Bertz CT molecular complexity index is 591. The number of rotatable bonds is 4. The van der Waals surface area contributed by atoms with Crippen LogP contribution in [0.1, 0.15) is 35.4 Å². The van der Waals surface area contributed by atoms with E-state index in [1.54, 1.807) is 0 Å². The van der Waals surface area contributed by atoms with Crippen molar-refractivity contribution in [2.24, 2.45) is 0 Å². The lowest BCUT2D eigenvalue weighted by Gasteiger charge is -2.36. The summed E-state index contributed by atoms with van der Waals surface area (Å²) < 4.78 is 1.18. The van der Waals surface area contributed by atoms with Crippen molar-refractivity contribution in [1.82, 2.24) is 10.3 Å². The highest BCUT2D eigenvalue weighted by Gasteiger charge is 2.29. The Labute approximate surface area is 128 Å². The van der Waals surface area contributed by atoms with Gasteiger partial charge in [0.05, 0.1) is 0 Å². The minimum atomic E-state index is 0.638. The zero-order valence-electron chi connectivity index (χ0n) is 11.6. The molecule has 1 aliphatic rings. The molecule has 1 N–H and O–H groups in total. The molecular formula is C17H19BrN2. The quantitative estimate of drug-likeness (QED) is 0.909. The van der Waals surface area contributed by atoms with Crippen molar-refractivity contribution in [1.29, 1.82) is 0 Å². The molecule has 2 aromatic rings. The SMILES string of the molecule is Cc1ccncc1CNC1CC(c2cccc(Br)c2)C1. The molecule has 1 aromatic heterocycles. The van der Waals surface area contributed by atoms with Gasteiger partial charge in [0.2, 0.25) is 0 Å². The highest BCUT2D eigenvalue weighted by Crippen LogP contribution is 2.37. The predicted octanol–water partition coefficient (Wildman–Crippen LogP) is 4.19. The van der Waals surface area contributed by atoms with Gasteiger partial charge in [0.25, 0.3) is 0 Å². The van der Waals surface area contributed by atoms with E-state index in [9.17, 15) is 0 Å². The predicted molar refractivity (Wildman–Crippen MR) is 85.7 cm³/mol. The summed E-state index contributed by atoms with van der Waals surface area (Å²) in [6.07, 6.45) is 6.28. The van der Waals surface area contributed by atoms with E-state index < -0.39 is 0 Å². The first-order valence-corrected chi connectivity index (χ1v) is 7.90. The molecular weight excluding hydrogens is 312 g/mol. The number of pyridine rings is 1. The summed E-state index contributed by atoms with van der Waals surface area (Å²) >= 11 is 3.55. The first-order valence-electron chi connectivity index (χ1n) is 7.10. The lowest BCUT2D eigenvalue weighted by Crippen LogP contribution is -2.39. The van der Waals surface area contributed by atoms with Gasteiger partial charge in [-0.1, -0.05) is 28.1 Å². The van der Waals surface area contributed by atoms with E-state index in [1.165, 1.54) is 34.0 Å². The van der Waals surface area contributed by atoms with Gasteiger partial charge < -0.3 is 5.32 Å². The molecule has 0 unspecified atom stereocenters. The Morgan fingerprint density at radius 3 is 2.90 bits per heavy atom. The topological polar surface area (TPSA) is 24.9 Å². The molecule has 0 aliphatic heterocycles. The van der Waals surface area contributed by atoms with Gasteiger partial charge in [-0.2, -0.15) is 0 Å². The van der Waals surface area contributed by atoms with Crippen molar-refractivity contribution < 1.29 is 0 Å². The normalized spacial score (nSPS) is 21.5. The molecule has 0 radical (unpaired) electrons. The maximum absolute atomic E-state index is 4.19. The molecule has 0 atom stereocenters. The molecule has 0 saturated heterocycles. The molecule has 1 aliphatic carbocycles. The summed E-state index contributed by atoms with van der Waals surface area (Å²) in [7, 11) is 0. The highest BCUT2D eigenvalue weighted by molar-refractivity contribution is 9.10. The number of hydrogen-bond donors (Lipinski definition) is 1. The molecule has 2 nitrogen and oxygen atoms in total. The Kier molecular flexibility index (Phi) is 4.18. The molecule has 20 heavy (non-hydrogen) atoms. The molecule has 1 heterocycles. The minimum Gasteiger partial charge on any atom is -0.310 e. The van der Waals surface area contributed by atoms with Crippen molar-refractivity contribution in [2.75, 3.05) is 0 Å². The molecule has 0 spiro atoms. The van der Waals surface area contributed by atoms with Gasteiger partial charge in [0.1, 0.15) is 0 Å². The number of benzene rings is 1. The smallest absolute Gasteiger partial charge is 0.0315 e. The van der Waals surface area contributed by atoms with Crippen LogP contribution in [0.4, 0.5) is 0 Å². The highest BCUT2D eigenvalue weighted by atomic mass is 79.9. The first-order chi connectivity index (χ1) is 9.72. The first kappa shape index (κ1) is 13.8. The second-order valence-corrected chi connectivity index (χ2v) is 6.52. The van der Waals surface area contributed by atoms with Gasteiger partial charge in [-0.3, -0.25) is 4.98 Å². The fourth-order valence-corrected chi connectivity index (χ4v) is 3.17. The fraction of sp³-hybridized carbons (Fsp3) is 0.353. The van der Waals surface area contributed by atoms with Crippen LogP contribution < -0.4 is 5.32 Å². The zero-order valence-corrected chi connectivity index (χ0v) is 13.2. The van der Waals surface area contributed by atoms with Gasteiger partial charge in [0.15, 0.2) is 0 Å². The number of aryl methyl sites for hydroxylation is 1. The van der Waals surface area contributed by atoms with E-state index in [4.69, 9.17) is 0 Å². The third-order valence-corrected chi connectivity index (χ3v) is 4.68. The number of nitrogens with one attached hydrogen (secondary N) is 1. The summed E-state index contributed by atoms with van der Waals surface area (Å²) in [6, 6.07) is 11.4. The van der Waals surface area contributed by atoms with E-state index in [-0.39, 0.29) is 0 Å². The van der Waals surface area contributed by atoms with Crippen LogP contribution in [0.2, 0.25) is 0 Å². The molecule has 1 aromatic carbocycles. The van der Waals surface area contributed by atoms with Gasteiger partial charge in [-0.15, -0.1) is 0 Å². The van der Waals surface area contributed by atoms with E-state index in [0.717, 1.165) is 6.54 Å². The number of hydrogen-bond acceptors (Lipinski definition) is 2. The maximum Gasteiger partial charge on any atom is 0.0315 e. The zero-order chi connectivity index (χ0) is 13.9. The van der Waals surface area contributed by atoms with Crippen LogP contribution in [0.25, 0.3) is 0 Å². The number of aromatic nitrogens is 1. The van der Waals surface area contributed by atoms with Gasteiger partial charge in [-0.25, -0.2) is 0 Å². The second-order valence-electron chi connectivity index (χ2n) is 5.60. The van der Waals surface area contributed by atoms with E-state index in [0.29, 0.717) is 12.0 Å². The van der Waals surface area contributed by atoms with Crippen LogP contribution in [0.5, 0.6) is 0 Å². The van der Waals surface area contributed by atoms with Gasteiger partial charge >= 0.3 is 0 Å². The summed E-state index contributed by atoms with van der Waals surface area (Å²) in [5.41, 5.74) is 4.07. The standard InChI is InChI=1S/C17H19BrN2/c1-12-5-6-19-10-15(12)11-20-17-8-14(9-17)13-3-2-4-16(18)7-13/h2-7,10,14,17,20H,8-9,11H2,1H3. The number of nitrogens with zero attached hydrogens (tertiary/aromatic N) is 1. The lowest BCUT2D eigenvalue weighted by molar-refractivity contribution is 0.289. The van der Waals surface area contributed by atoms with E-state index >= 15 is 0 Å². The van der Waals surface area contributed by atoms with Crippen LogP contribution in [0.3, 0.4) is 0 Å². The Hall–Kier alpha value is -1.19. The summed E-state index contributed by atoms with van der Waals surface area (Å²) in [5.74, 6) is 0.708. The lowest BCUT2D eigenvalue weighted by atomic mass is 9.76. The Morgan fingerprint density at radius 1 is 1.30 bits per heavy atom. The third-order valence-electron chi connectivity index (χ3n) is 4.19. The summed E-state index contributed by atoms with van der Waals surface area (Å²) in [6.45, 7) is 3.07. The van der Waals surface area contributed by atoms with Crippen LogP contribution in [-0.4, -0.2) is 11.0 Å². The Morgan fingerprint density at radius 2 is 2.15 bits per heavy atom. The fourth-order valence-electron chi connectivity index (χ4n) is 2.75. The van der Waals surface area contributed by atoms with E-state index in [2.05, 4.69) is 63.5 Å². The van der Waals surface area contributed by atoms with Crippen LogP contribution in [-0.2, 0) is 6.54 Å². The summed E-state index contributed by atoms with van der Waals surface area (Å²) in [4.78, 5) is 4.19. The van der Waals surface area contributed by atoms with Gasteiger partial charge in [0, 0.05) is 29.5 Å². The average molecular weight is 331 g/mol. The molecule has 3 heteroatoms. The van der Waals surface area contributed by atoms with Crippen LogP contribution in [0.15, 0.2) is 47.2 Å². The second kappa shape index (κ2) is 6.06. The van der Waals surface area contributed by atoms with Crippen molar-refractivity contribution in [2.45, 2.75) is 38.3 Å². The van der Waals surface area contributed by atoms with Crippen molar-refractivity contribution >= 4 is 15.9 Å². The summed E-state index contributed by atoms with van der Waals surface area (Å²) in [5, 5.41) is 3.64. The largest absolute Gasteiger partial charge is 0.310 e. The molecule has 1 fully saturated rings. The van der Waals surface area contributed by atoms with E-state index in [1.807, 2.05) is 12.4 Å². The monoisotopic (exact) mass is 330 g/mol. The van der Waals surface area contributed by atoms with Crippen molar-refractivity contribution in [3.8, 4) is 0 Å². The average Bonchev–Trinajstić information content (AvgIpc) is 2.39. The van der Waals surface area contributed by atoms with Crippen molar-refractivity contribution in [3.63, 3.8) is 0 Å². The van der Waals surface area contributed by atoms with Crippen molar-refractivity contribution in [3.05, 3.63) is 63.9 Å². The van der Waals surface area contributed by atoms with Crippen LogP contribution >= 0.6 is 15.9 Å². The third kappa shape index (κ3) is 3.10. The van der Waals surface area contributed by atoms with Crippen LogP contribution in [0, 0.1) is 6.92 Å².